The van der Waals surface area contributed by atoms with Crippen LogP contribution in [-0.2, 0) is 0 Å². The maximum Gasteiger partial charge on any atom is 0.231 e. The van der Waals surface area contributed by atoms with Gasteiger partial charge in [-0.1, -0.05) is 11.6 Å². The number of benzene rings is 1. The minimum Gasteiger partial charge on any atom is -0.453 e. The minimum atomic E-state index is 0.149. The van der Waals surface area contributed by atoms with Gasteiger partial charge in [-0.3, -0.25) is 4.79 Å². The highest BCUT2D eigenvalue weighted by molar-refractivity contribution is 6.33. The van der Waals surface area contributed by atoms with Gasteiger partial charge in [0.05, 0.1) is 10.6 Å². The Morgan fingerprint density at radius 1 is 1.41 bits per heavy atom. The van der Waals surface area contributed by atoms with Gasteiger partial charge >= 0.3 is 0 Å². The lowest BCUT2D eigenvalue weighted by Gasteiger charge is -2.14. The number of hydrogen-bond acceptors (Lipinski definition) is 4. The summed E-state index contributed by atoms with van der Waals surface area (Å²) in [4.78, 5) is 11.0. The summed E-state index contributed by atoms with van der Waals surface area (Å²) >= 11 is 6.10. The predicted molar refractivity (Wildman–Crippen MR) is 62.9 cm³/mol. The van der Waals surface area contributed by atoms with E-state index >= 15 is 0 Å². The van der Waals surface area contributed by atoms with Crippen molar-refractivity contribution in [3.8, 4) is 11.5 Å². The minimum absolute atomic E-state index is 0.149. The average Bonchev–Trinajstić information content (AvgIpc) is 2.99. The molecule has 1 fully saturated rings. The summed E-state index contributed by atoms with van der Waals surface area (Å²) in [6.07, 6.45) is 2.89. The molecule has 1 unspecified atom stereocenters. The van der Waals surface area contributed by atoms with Crippen molar-refractivity contribution < 1.29 is 14.3 Å². The van der Waals surface area contributed by atoms with E-state index in [9.17, 15) is 4.79 Å². The quantitative estimate of drug-likeness (QED) is 0.822. The zero-order valence-electron chi connectivity index (χ0n) is 9.16. The summed E-state index contributed by atoms with van der Waals surface area (Å²) in [6.45, 7) is 1.14. The van der Waals surface area contributed by atoms with E-state index in [0.717, 1.165) is 24.9 Å². The van der Waals surface area contributed by atoms with Crippen LogP contribution in [0.4, 0.5) is 0 Å². The van der Waals surface area contributed by atoms with Crippen molar-refractivity contribution in [2.45, 2.75) is 18.9 Å². The summed E-state index contributed by atoms with van der Waals surface area (Å²) < 4.78 is 10.8. The number of fused-ring (bicyclic) bond motifs is 1. The van der Waals surface area contributed by atoms with Crippen LogP contribution in [0, 0.1) is 0 Å². The number of carbonyl (C=O) groups is 1. The summed E-state index contributed by atoms with van der Waals surface area (Å²) in [5.41, 5.74) is 1.37. The molecule has 1 saturated heterocycles. The van der Waals surface area contributed by atoms with Gasteiger partial charge < -0.3 is 14.8 Å². The Morgan fingerprint density at radius 3 is 2.94 bits per heavy atom. The Labute approximate surface area is 104 Å². The molecule has 0 saturated carbocycles. The fourth-order valence-corrected chi connectivity index (χ4v) is 2.65. The second kappa shape index (κ2) is 4.20. The largest absolute Gasteiger partial charge is 0.453 e. The first kappa shape index (κ1) is 10.9. The number of aldehydes is 1. The molecule has 90 valence electrons. The number of nitrogens with one attached hydrogen (secondary N) is 1. The second-order valence-electron chi connectivity index (χ2n) is 4.19. The normalized spacial score (nSPS) is 21.8. The first-order valence-electron chi connectivity index (χ1n) is 5.62. The molecule has 4 nitrogen and oxygen atoms in total. The fourth-order valence-electron chi connectivity index (χ4n) is 2.40. The van der Waals surface area contributed by atoms with E-state index in [0.29, 0.717) is 28.4 Å². The van der Waals surface area contributed by atoms with E-state index in [1.165, 1.54) is 0 Å². The molecule has 1 aromatic rings. The highest BCUT2D eigenvalue weighted by Gasteiger charge is 2.29. The van der Waals surface area contributed by atoms with E-state index in [4.69, 9.17) is 21.1 Å². The van der Waals surface area contributed by atoms with Crippen LogP contribution in [0.25, 0.3) is 0 Å². The van der Waals surface area contributed by atoms with E-state index in [1.807, 2.05) is 6.07 Å². The van der Waals surface area contributed by atoms with Crippen molar-refractivity contribution in [1.82, 2.24) is 5.32 Å². The molecule has 2 aliphatic rings. The molecular formula is C12H12ClNO3. The maximum atomic E-state index is 11.0. The number of carbonyl (C=O) groups excluding carboxylic acids is 1. The number of rotatable bonds is 2. The van der Waals surface area contributed by atoms with Crippen LogP contribution in [0.15, 0.2) is 6.07 Å². The van der Waals surface area contributed by atoms with E-state index in [2.05, 4.69) is 5.32 Å². The Morgan fingerprint density at radius 2 is 2.24 bits per heavy atom. The van der Waals surface area contributed by atoms with Crippen LogP contribution >= 0.6 is 11.6 Å². The highest BCUT2D eigenvalue weighted by Crippen LogP contribution is 2.45. The van der Waals surface area contributed by atoms with Crippen molar-refractivity contribution in [3.63, 3.8) is 0 Å². The predicted octanol–water partition coefficient (Wildman–Crippen LogP) is 2.31. The number of ether oxygens (including phenoxy) is 2. The first-order valence-corrected chi connectivity index (χ1v) is 5.99. The van der Waals surface area contributed by atoms with Gasteiger partial charge in [-0.25, -0.2) is 0 Å². The zero-order valence-corrected chi connectivity index (χ0v) is 9.92. The molecule has 0 spiro atoms. The molecular weight excluding hydrogens is 242 g/mol. The summed E-state index contributed by atoms with van der Waals surface area (Å²) in [5, 5.41) is 3.81. The van der Waals surface area contributed by atoms with E-state index in [-0.39, 0.29) is 12.8 Å². The molecule has 0 bridgehead atoms. The standard InChI is InChI=1S/C12H12ClNO3/c13-9-4-7(10-2-1-3-14-10)11-12(8(9)5-15)17-6-16-11/h4-5,10,14H,1-3,6H2. The van der Waals surface area contributed by atoms with E-state index < -0.39 is 0 Å². The molecule has 2 aliphatic heterocycles. The number of halogens is 1. The average molecular weight is 254 g/mol. The fraction of sp³-hybridized carbons (Fsp3) is 0.417. The van der Waals surface area contributed by atoms with Crippen LogP contribution < -0.4 is 14.8 Å². The second-order valence-corrected chi connectivity index (χ2v) is 4.60. The lowest BCUT2D eigenvalue weighted by molar-refractivity contribution is 0.111. The zero-order chi connectivity index (χ0) is 11.8. The highest BCUT2D eigenvalue weighted by atomic mass is 35.5. The Kier molecular flexibility index (Phi) is 2.68. The van der Waals surface area contributed by atoms with Crippen molar-refractivity contribution in [1.29, 1.82) is 0 Å². The lowest BCUT2D eigenvalue weighted by Crippen LogP contribution is -2.13. The SMILES string of the molecule is O=Cc1c(Cl)cc(C2CCCN2)c2c1OCO2. The smallest absolute Gasteiger partial charge is 0.231 e. The van der Waals surface area contributed by atoms with Crippen LogP contribution in [0.2, 0.25) is 5.02 Å². The van der Waals surface area contributed by atoms with Crippen LogP contribution in [0.3, 0.4) is 0 Å². The van der Waals surface area contributed by atoms with Crippen LogP contribution in [0.1, 0.15) is 34.8 Å². The molecule has 1 aromatic carbocycles. The lowest BCUT2D eigenvalue weighted by atomic mass is 10.0. The van der Waals surface area contributed by atoms with Crippen molar-refractivity contribution in [2.24, 2.45) is 0 Å². The molecule has 0 aliphatic carbocycles. The third kappa shape index (κ3) is 1.68. The number of hydrogen-bond donors (Lipinski definition) is 1. The maximum absolute atomic E-state index is 11.0. The van der Waals surface area contributed by atoms with E-state index in [1.54, 1.807) is 0 Å². The summed E-state index contributed by atoms with van der Waals surface area (Å²) in [5.74, 6) is 1.15. The van der Waals surface area contributed by atoms with Crippen molar-refractivity contribution >= 4 is 17.9 Å². The molecule has 17 heavy (non-hydrogen) atoms. The molecule has 0 radical (unpaired) electrons. The van der Waals surface area contributed by atoms with Gasteiger partial charge in [0.1, 0.15) is 0 Å². The Bertz CT molecular complexity index is 469. The summed E-state index contributed by atoms with van der Waals surface area (Å²) in [6, 6.07) is 2.05. The van der Waals surface area contributed by atoms with Gasteiger partial charge in [0.15, 0.2) is 17.8 Å². The molecule has 0 aromatic heterocycles. The van der Waals surface area contributed by atoms with Gasteiger partial charge in [-0.15, -0.1) is 0 Å². The summed E-state index contributed by atoms with van der Waals surface area (Å²) in [7, 11) is 0. The van der Waals surface area contributed by atoms with Gasteiger partial charge in [0.2, 0.25) is 6.79 Å². The first-order chi connectivity index (χ1) is 8.31. The van der Waals surface area contributed by atoms with Crippen LogP contribution in [0.5, 0.6) is 11.5 Å². The van der Waals surface area contributed by atoms with Gasteiger partial charge in [0, 0.05) is 11.6 Å². The van der Waals surface area contributed by atoms with Crippen molar-refractivity contribution in [2.75, 3.05) is 13.3 Å². The molecule has 1 N–H and O–H groups in total. The third-order valence-electron chi connectivity index (χ3n) is 3.21. The third-order valence-corrected chi connectivity index (χ3v) is 3.53. The molecule has 2 heterocycles. The molecule has 0 amide bonds. The van der Waals surface area contributed by atoms with Crippen LogP contribution in [-0.4, -0.2) is 19.6 Å². The van der Waals surface area contributed by atoms with Gasteiger partial charge in [-0.05, 0) is 25.5 Å². The topological polar surface area (TPSA) is 47.6 Å². The van der Waals surface area contributed by atoms with Crippen molar-refractivity contribution in [3.05, 3.63) is 22.2 Å². The van der Waals surface area contributed by atoms with Gasteiger partial charge in [0.25, 0.3) is 0 Å². The molecule has 1 atom stereocenters. The molecule has 5 heteroatoms. The Balaban J connectivity index is 2.13. The molecule has 3 rings (SSSR count). The monoisotopic (exact) mass is 253 g/mol. The van der Waals surface area contributed by atoms with Gasteiger partial charge in [-0.2, -0.15) is 0 Å². The Hall–Kier alpha value is -1.26.